The monoisotopic (exact) mass is 535 g/mol. The van der Waals surface area contributed by atoms with E-state index in [-0.39, 0.29) is 18.8 Å². The third kappa shape index (κ3) is 9.06. The maximum atomic E-state index is 13.2. The first kappa shape index (κ1) is 30.1. The Morgan fingerprint density at radius 2 is 1.62 bits per heavy atom. The van der Waals surface area contributed by atoms with E-state index in [1.807, 2.05) is 44.4 Å². The van der Waals surface area contributed by atoms with E-state index in [1.165, 1.54) is 11.8 Å². The molecule has 8 N–H and O–H groups in total. The van der Waals surface area contributed by atoms with E-state index >= 15 is 0 Å². The molecule has 0 spiro atoms. The fourth-order valence-electron chi connectivity index (χ4n) is 3.82. The smallest absolute Gasteiger partial charge is 0.326 e. The number of carbonyl (C=O) groups excluding carboxylic acids is 3. The van der Waals surface area contributed by atoms with Gasteiger partial charge in [-0.25, -0.2) is 4.79 Å². The summed E-state index contributed by atoms with van der Waals surface area (Å²) in [4.78, 5) is 53.5. The minimum atomic E-state index is -1.34. The molecule has 0 radical (unpaired) electrons. The Morgan fingerprint density at radius 3 is 2.24 bits per heavy atom. The van der Waals surface area contributed by atoms with Crippen molar-refractivity contribution < 1.29 is 29.4 Å². The van der Waals surface area contributed by atoms with Crippen LogP contribution in [0.15, 0.2) is 30.5 Å². The zero-order valence-electron chi connectivity index (χ0n) is 21.3. The Labute approximate surface area is 220 Å². The second-order valence-electron chi connectivity index (χ2n) is 9.29. The summed E-state index contributed by atoms with van der Waals surface area (Å²) in [5.41, 5.74) is 7.43. The molecule has 1 heterocycles. The van der Waals surface area contributed by atoms with Gasteiger partial charge in [0.1, 0.15) is 18.1 Å². The number of carboxylic acids is 1. The van der Waals surface area contributed by atoms with E-state index in [4.69, 9.17) is 5.73 Å². The zero-order chi connectivity index (χ0) is 27.5. The van der Waals surface area contributed by atoms with Crippen LogP contribution in [0.2, 0.25) is 0 Å². The highest BCUT2D eigenvalue weighted by atomic mass is 32.2. The van der Waals surface area contributed by atoms with Gasteiger partial charge in [0.15, 0.2) is 0 Å². The predicted octanol–water partition coefficient (Wildman–Crippen LogP) is 0.368. The number of hydrogen-bond donors (Lipinski definition) is 7. The molecule has 2 rings (SSSR count). The molecule has 204 valence electrons. The highest BCUT2D eigenvalue weighted by Crippen LogP contribution is 2.19. The van der Waals surface area contributed by atoms with Crippen molar-refractivity contribution >= 4 is 46.4 Å². The van der Waals surface area contributed by atoms with Gasteiger partial charge in [-0.1, -0.05) is 32.0 Å². The van der Waals surface area contributed by atoms with Gasteiger partial charge in [0, 0.05) is 23.5 Å². The van der Waals surface area contributed by atoms with Crippen molar-refractivity contribution in [3.8, 4) is 0 Å². The van der Waals surface area contributed by atoms with Crippen molar-refractivity contribution in [3.05, 3.63) is 36.0 Å². The number of hydrogen-bond acceptors (Lipinski definition) is 7. The highest BCUT2D eigenvalue weighted by Gasteiger charge is 2.31. The number of aromatic nitrogens is 1. The lowest BCUT2D eigenvalue weighted by Crippen LogP contribution is -2.58. The first-order valence-electron chi connectivity index (χ1n) is 12.1. The average molecular weight is 536 g/mol. The molecule has 12 heteroatoms. The molecule has 0 saturated carbocycles. The number of aliphatic carboxylic acids is 1. The number of nitrogens with one attached hydrogen (secondary N) is 4. The lowest BCUT2D eigenvalue weighted by Gasteiger charge is -2.25. The molecule has 4 unspecified atom stereocenters. The van der Waals surface area contributed by atoms with Crippen molar-refractivity contribution in [2.24, 2.45) is 11.7 Å². The van der Waals surface area contributed by atoms with E-state index in [2.05, 4.69) is 20.9 Å². The van der Waals surface area contributed by atoms with Crippen LogP contribution >= 0.6 is 11.8 Å². The molecule has 11 nitrogen and oxygen atoms in total. The largest absolute Gasteiger partial charge is 0.480 e. The van der Waals surface area contributed by atoms with E-state index in [1.54, 1.807) is 6.20 Å². The van der Waals surface area contributed by atoms with Gasteiger partial charge in [0.25, 0.3) is 0 Å². The number of aliphatic hydroxyl groups is 1. The molecule has 0 aliphatic carbocycles. The summed E-state index contributed by atoms with van der Waals surface area (Å²) in [6.45, 7) is 2.97. The number of carbonyl (C=O) groups is 4. The molecule has 1 aromatic carbocycles. The van der Waals surface area contributed by atoms with Gasteiger partial charge in [-0.05, 0) is 42.4 Å². The van der Waals surface area contributed by atoms with Crippen LogP contribution in [0.4, 0.5) is 0 Å². The third-order valence-electron chi connectivity index (χ3n) is 5.84. The van der Waals surface area contributed by atoms with Crippen LogP contribution in [0, 0.1) is 5.92 Å². The fourth-order valence-corrected chi connectivity index (χ4v) is 4.31. The van der Waals surface area contributed by atoms with Crippen LogP contribution in [0.5, 0.6) is 0 Å². The van der Waals surface area contributed by atoms with E-state index in [0.717, 1.165) is 16.5 Å². The normalized spacial score (nSPS) is 14.5. The lowest BCUT2D eigenvalue weighted by atomic mass is 10.0. The van der Waals surface area contributed by atoms with Crippen LogP contribution in [-0.2, 0) is 25.6 Å². The van der Waals surface area contributed by atoms with Crippen molar-refractivity contribution in [2.75, 3.05) is 18.6 Å². The summed E-state index contributed by atoms with van der Waals surface area (Å²) in [5.74, 6) is -2.59. The van der Waals surface area contributed by atoms with E-state index < -0.39 is 54.5 Å². The number of rotatable bonds is 15. The van der Waals surface area contributed by atoms with Gasteiger partial charge >= 0.3 is 5.97 Å². The zero-order valence-corrected chi connectivity index (χ0v) is 22.1. The number of aromatic amines is 1. The minimum absolute atomic E-state index is 0.00681. The second-order valence-corrected chi connectivity index (χ2v) is 10.3. The first-order chi connectivity index (χ1) is 17.6. The number of fused-ring (bicyclic) bond motifs is 1. The Balaban J connectivity index is 2.24. The van der Waals surface area contributed by atoms with Crippen LogP contribution < -0.4 is 21.7 Å². The molecule has 0 aliphatic heterocycles. The SMILES string of the molecule is CSCCC(N)C(=O)NC(CO)C(=O)NC(Cc1c[nH]c2ccccc12)C(=O)NC(CC(C)C)C(=O)O. The number of para-hydroxylation sites is 1. The molecule has 1 aromatic heterocycles. The average Bonchev–Trinajstić information content (AvgIpc) is 3.27. The van der Waals surface area contributed by atoms with E-state index in [9.17, 15) is 29.4 Å². The van der Waals surface area contributed by atoms with Gasteiger partial charge < -0.3 is 36.9 Å². The molecular formula is C25H37N5O6S. The number of benzene rings is 1. The minimum Gasteiger partial charge on any atom is -0.480 e. The van der Waals surface area contributed by atoms with Crippen LogP contribution in [0.1, 0.15) is 32.3 Å². The van der Waals surface area contributed by atoms with Crippen molar-refractivity contribution in [1.82, 2.24) is 20.9 Å². The molecule has 2 aromatic rings. The second kappa shape index (κ2) is 14.6. The molecule has 37 heavy (non-hydrogen) atoms. The van der Waals surface area contributed by atoms with Crippen molar-refractivity contribution in [2.45, 2.75) is 57.3 Å². The number of nitrogens with two attached hydrogens (primary N) is 1. The quantitative estimate of drug-likeness (QED) is 0.170. The summed E-state index contributed by atoms with van der Waals surface area (Å²) < 4.78 is 0. The molecule has 4 atom stereocenters. The highest BCUT2D eigenvalue weighted by molar-refractivity contribution is 7.98. The fraction of sp³-hybridized carbons (Fsp3) is 0.520. The Hall–Kier alpha value is -3.09. The molecular weight excluding hydrogens is 498 g/mol. The summed E-state index contributed by atoms with van der Waals surface area (Å²) >= 11 is 1.53. The van der Waals surface area contributed by atoms with Gasteiger partial charge in [-0.15, -0.1) is 0 Å². The molecule has 0 saturated heterocycles. The Kier molecular flexibility index (Phi) is 11.9. The standard InChI is InChI=1S/C25H37N5O6S/c1-14(2)10-20(25(35)36)29-23(33)19(11-15-12-27-18-7-5-4-6-16(15)18)28-24(34)21(13-31)30-22(32)17(26)8-9-37-3/h4-7,12,14,17,19-21,27,31H,8-11,13,26H2,1-3H3,(H,28,34)(H,29,33)(H,30,32)(H,35,36). The Morgan fingerprint density at radius 1 is 1.00 bits per heavy atom. The van der Waals surface area contributed by atoms with Crippen LogP contribution in [-0.4, -0.2) is 81.7 Å². The molecule has 0 bridgehead atoms. The van der Waals surface area contributed by atoms with E-state index in [0.29, 0.717) is 12.2 Å². The summed E-state index contributed by atoms with van der Waals surface area (Å²) in [6, 6.07) is 2.93. The van der Waals surface area contributed by atoms with Crippen molar-refractivity contribution in [3.63, 3.8) is 0 Å². The van der Waals surface area contributed by atoms with Crippen molar-refractivity contribution in [1.29, 1.82) is 0 Å². The van der Waals surface area contributed by atoms with Gasteiger partial charge in [0.05, 0.1) is 12.6 Å². The van der Waals surface area contributed by atoms with Crippen LogP contribution in [0.25, 0.3) is 10.9 Å². The maximum absolute atomic E-state index is 13.2. The Bertz CT molecular complexity index is 1070. The van der Waals surface area contributed by atoms with Gasteiger partial charge in [-0.2, -0.15) is 11.8 Å². The number of amides is 3. The lowest BCUT2D eigenvalue weighted by molar-refractivity contribution is -0.142. The van der Waals surface area contributed by atoms with Gasteiger partial charge in [0.2, 0.25) is 17.7 Å². The topological polar surface area (TPSA) is 187 Å². The van der Waals surface area contributed by atoms with Crippen LogP contribution in [0.3, 0.4) is 0 Å². The summed E-state index contributed by atoms with van der Waals surface area (Å²) in [6.07, 6.45) is 4.25. The number of carboxylic acid groups (broad SMARTS) is 1. The summed E-state index contributed by atoms with van der Waals surface area (Å²) in [5, 5.41) is 27.7. The third-order valence-corrected chi connectivity index (χ3v) is 6.48. The maximum Gasteiger partial charge on any atom is 0.326 e. The number of aliphatic hydroxyl groups excluding tert-OH is 1. The number of thioether (sulfide) groups is 1. The first-order valence-corrected chi connectivity index (χ1v) is 13.5. The van der Waals surface area contributed by atoms with Gasteiger partial charge in [-0.3, -0.25) is 14.4 Å². The molecule has 0 aliphatic rings. The molecule has 3 amide bonds. The molecule has 0 fully saturated rings. The predicted molar refractivity (Wildman–Crippen MR) is 143 cm³/mol. The summed E-state index contributed by atoms with van der Waals surface area (Å²) in [7, 11) is 0. The number of H-pyrrole nitrogens is 1.